The molecule has 3 rings (SSSR count). The van der Waals surface area contributed by atoms with Crippen LogP contribution < -0.4 is 5.14 Å². The highest BCUT2D eigenvalue weighted by molar-refractivity contribution is 7.89. The molecule has 2 aromatic rings. The molecule has 0 saturated heterocycles. The van der Waals surface area contributed by atoms with Gasteiger partial charge in [0.2, 0.25) is 16.1 Å². The van der Waals surface area contributed by atoms with E-state index in [-0.39, 0.29) is 28.0 Å². The van der Waals surface area contributed by atoms with Crippen LogP contribution in [-0.2, 0) is 10.0 Å². The van der Waals surface area contributed by atoms with E-state index >= 15 is 0 Å². The fourth-order valence-corrected chi connectivity index (χ4v) is 3.75. The SMILES string of the molecule is CC1(C)[C@@H](c2ccc(S(N)(=O)=O)cc2)[C@@H]1c1noc(C(O)C(F)(F)F)n1. The molecule has 1 saturated carbocycles. The number of alkyl halides is 3. The summed E-state index contributed by atoms with van der Waals surface area (Å²) >= 11 is 0. The van der Waals surface area contributed by atoms with Crippen molar-refractivity contribution in [2.24, 2.45) is 10.6 Å². The topological polar surface area (TPSA) is 119 Å². The Balaban J connectivity index is 1.86. The lowest BCUT2D eigenvalue weighted by atomic mass is 10.0. The maximum absolute atomic E-state index is 12.6. The minimum Gasteiger partial charge on any atom is -0.376 e. The monoisotopic (exact) mass is 391 g/mol. The van der Waals surface area contributed by atoms with E-state index in [0.29, 0.717) is 0 Å². The molecule has 11 heteroatoms. The summed E-state index contributed by atoms with van der Waals surface area (Å²) in [4.78, 5) is 3.67. The summed E-state index contributed by atoms with van der Waals surface area (Å²) in [6.07, 6.45) is -7.73. The summed E-state index contributed by atoms with van der Waals surface area (Å²) in [5.41, 5.74) is 0.392. The Morgan fingerprint density at radius 3 is 2.31 bits per heavy atom. The van der Waals surface area contributed by atoms with E-state index in [9.17, 15) is 26.7 Å². The number of benzene rings is 1. The van der Waals surface area contributed by atoms with Crippen LogP contribution in [0.25, 0.3) is 0 Å². The van der Waals surface area contributed by atoms with Crippen LogP contribution in [0.5, 0.6) is 0 Å². The fraction of sp³-hybridized carbons (Fsp3) is 0.467. The quantitative estimate of drug-likeness (QED) is 0.825. The first kappa shape index (κ1) is 18.8. The van der Waals surface area contributed by atoms with Gasteiger partial charge < -0.3 is 9.63 Å². The first-order valence-corrected chi connectivity index (χ1v) is 9.09. The molecule has 0 amide bonds. The molecule has 1 aliphatic carbocycles. The van der Waals surface area contributed by atoms with Crippen LogP contribution in [0.3, 0.4) is 0 Å². The number of hydrogen-bond donors (Lipinski definition) is 2. The molecule has 0 radical (unpaired) electrons. The number of aliphatic hydroxyl groups is 1. The Morgan fingerprint density at radius 1 is 1.23 bits per heavy atom. The van der Waals surface area contributed by atoms with Gasteiger partial charge in [-0.25, -0.2) is 13.6 Å². The zero-order chi connectivity index (χ0) is 19.5. The molecule has 1 fully saturated rings. The predicted octanol–water partition coefficient (Wildman–Crippen LogP) is 2.22. The van der Waals surface area contributed by atoms with E-state index in [2.05, 4.69) is 14.7 Å². The second-order valence-corrected chi connectivity index (χ2v) is 8.39. The molecule has 3 N–H and O–H groups in total. The van der Waals surface area contributed by atoms with Crippen LogP contribution >= 0.6 is 0 Å². The van der Waals surface area contributed by atoms with Crippen molar-refractivity contribution in [2.45, 2.75) is 42.9 Å². The summed E-state index contributed by atoms with van der Waals surface area (Å²) in [6, 6.07) is 5.92. The molecule has 1 unspecified atom stereocenters. The van der Waals surface area contributed by atoms with Gasteiger partial charge >= 0.3 is 6.18 Å². The lowest BCUT2D eigenvalue weighted by Gasteiger charge is -2.08. The molecule has 0 aliphatic heterocycles. The molecule has 1 heterocycles. The standard InChI is InChI=1S/C15H16F3N3O4S/c1-14(2)9(7-3-5-8(6-4-7)26(19,23)24)10(14)12-20-13(25-21-12)11(22)15(16,17)18/h3-6,9-11,22H,1-2H3,(H2,19,23,24)/t9-,10+,11?/m0/s1. The molecular formula is C15H16F3N3O4S. The first-order chi connectivity index (χ1) is 11.8. The third-order valence-electron chi connectivity index (χ3n) is 4.67. The van der Waals surface area contributed by atoms with Crippen molar-refractivity contribution >= 4 is 10.0 Å². The molecule has 1 aliphatic rings. The molecule has 0 spiro atoms. The van der Waals surface area contributed by atoms with Gasteiger partial charge in [-0.05, 0) is 23.1 Å². The summed E-state index contributed by atoms with van der Waals surface area (Å²) in [7, 11) is -3.81. The molecule has 1 aromatic carbocycles. The Kier molecular flexibility index (Phi) is 4.17. The number of sulfonamides is 1. The van der Waals surface area contributed by atoms with Crippen molar-refractivity contribution in [3.8, 4) is 0 Å². The van der Waals surface area contributed by atoms with Gasteiger partial charge in [-0.15, -0.1) is 0 Å². The first-order valence-electron chi connectivity index (χ1n) is 7.54. The van der Waals surface area contributed by atoms with Gasteiger partial charge in [-0.3, -0.25) is 0 Å². The molecule has 0 bridgehead atoms. The number of nitrogens with two attached hydrogens (primary N) is 1. The van der Waals surface area contributed by atoms with E-state index in [4.69, 9.17) is 5.14 Å². The van der Waals surface area contributed by atoms with Crippen LogP contribution in [0.1, 0.15) is 49.1 Å². The minimum absolute atomic E-state index is 0.0357. The van der Waals surface area contributed by atoms with Gasteiger partial charge in [-0.2, -0.15) is 18.2 Å². The summed E-state index contributed by atoms with van der Waals surface area (Å²) < 4.78 is 64.9. The summed E-state index contributed by atoms with van der Waals surface area (Å²) in [5, 5.41) is 17.8. The van der Waals surface area contributed by atoms with Gasteiger partial charge in [0, 0.05) is 11.8 Å². The number of aromatic nitrogens is 2. The highest BCUT2D eigenvalue weighted by Gasteiger charge is 2.61. The van der Waals surface area contributed by atoms with Gasteiger partial charge in [0.1, 0.15) is 0 Å². The average Bonchev–Trinajstić information content (AvgIpc) is 2.88. The summed E-state index contributed by atoms with van der Waals surface area (Å²) in [5.74, 6) is -1.32. The van der Waals surface area contributed by atoms with E-state index in [1.165, 1.54) is 12.1 Å². The van der Waals surface area contributed by atoms with Gasteiger partial charge in [0.05, 0.1) is 4.90 Å². The van der Waals surface area contributed by atoms with E-state index in [1.54, 1.807) is 12.1 Å². The van der Waals surface area contributed by atoms with Gasteiger partial charge in [0.25, 0.3) is 5.89 Å². The highest BCUT2D eigenvalue weighted by atomic mass is 32.2. The van der Waals surface area contributed by atoms with Crippen molar-refractivity contribution in [2.75, 3.05) is 0 Å². The van der Waals surface area contributed by atoms with Crippen molar-refractivity contribution in [1.29, 1.82) is 0 Å². The largest absolute Gasteiger partial charge is 0.423 e. The van der Waals surface area contributed by atoms with E-state index in [1.807, 2.05) is 13.8 Å². The molecular weight excluding hydrogens is 375 g/mol. The third kappa shape index (κ3) is 3.21. The number of aliphatic hydroxyl groups excluding tert-OH is 1. The van der Waals surface area contributed by atoms with Gasteiger partial charge in [0.15, 0.2) is 5.82 Å². The van der Waals surface area contributed by atoms with Gasteiger partial charge in [-0.1, -0.05) is 31.1 Å². The molecule has 142 valence electrons. The number of halogens is 3. The second-order valence-electron chi connectivity index (χ2n) is 6.83. The Labute approximate surface area is 147 Å². The zero-order valence-electron chi connectivity index (χ0n) is 13.7. The molecule has 26 heavy (non-hydrogen) atoms. The lowest BCUT2D eigenvalue weighted by Crippen LogP contribution is -2.20. The van der Waals surface area contributed by atoms with Crippen LogP contribution in [-0.4, -0.2) is 29.8 Å². The van der Waals surface area contributed by atoms with Crippen LogP contribution in [0.15, 0.2) is 33.7 Å². The third-order valence-corrected chi connectivity index (χ3v) is 5.60. The molecule has 7 nitrogen and oxygen atoms in total. The highest BCUT2D eigenvalue weighted by Crippen LogP contribution is 2.69. The lowest BCUT2D eigenvalue weighted by molar-refractivity contribution is -0.213. The zero-order valence-corrected chi connectivity index (χ0v) is 14.5. The Bertz CT molecular complexity index is 922. The van der Waals surface area contributed by atoms with E-state index < -0.39 is 28.2 Å². The minimum atomic E-state index is -4.90. The van der Waals surface area contributed by atoms with Crippen LogP contribution in [0.4, 0.5) is 13.2 Å². The maximum Gasteiger partial charge on any atom is 0.423 e. The van der Waals surface area contributed by atoms with E-state index in [0.717, 1.165) is 5.56 Å². The Morgan fingerprint density at radius 2 is 1.81 bits per heavy atom. The predicted molar refractivity (Wildman–Crippen MR) is 82.4 cm³/mol. The molecule has 1 aromatic heterocycles. The van der Waals surface area contributed by atoms with Crippen LogP contribution in [0, 0.1) is 5.41 Å². The number of nitrogens with zero attached hydrogens (tertiary/aromatic N) is 2. The normalized spacial score (nSPS) is 23.7. The van der Waals surface area contributed by atoms with Crippen molar-refractivity contribution < 1.29 is 31.2 Å². The second kappa shape index (κ2) is 5.76. The summed E-state index contributed by atoms with van der Waals surface area (Å²) in [6.45, 7) is 3.76. The maximum atomic E-state index is 12.6. The fourth-order valence-electron chi connectivity index (χ4n) is 3.23. The number of primary sulfonamides is 1. The Hall–Kier alpha value is -1.98. The van der Waals surface area contributed by atoms with Crippen molar-refractivity contribution in [3.63, 3.8) is 0 Å². The van der Waals surface area contributed by atoms with Crippen molar-refractivity contribution in [3.05, 3.63) is 41.5 Å². The number of rotatable bonds is 4. The smallest absolute Gasteiger partial charge is 0.376 e. The van der Waals surface area contributed by atoms with Crippen LogP contribution in [0.2, 0.25) is 0 Å². The van der Waals surface area contributed by atoms with Crippen molar-refractivity contribution in [1.82, 2.24) is 10.1 Å². The molecule has 3 atom stereocenters. The average molecular weight is 391 g/mol. The number of hydrogen-bond acceptors (Lipinski definition) is 6.